The number of carbonyl (C=O) groups excluding carboxylic acids is 1. The highest BCUT2D eigenvalue weighted by Crippen LogP contribution is 2.29. The summed E-state index contributed by atoms with van der Waals surface area (Å²) in [6.45, 7) is 8.77. The SMILES string of the molecule is CC(C)(C)c1nccc(N2CCOC(C(=O)N3CCc4ccccc43)C2)n1. The van der Waals surface area contributed by atoms with Crippen LogP contribution in [0.2, 0.25) is 0 Å². The molecule has 1 amide bonds. The molecule has 0 saturated carbocycles. The quantitative estimate of drug-likeness (QED) is 0.818. The molecule has 3 heterocycles. The van der Waals surface area contributed by atoms with Gasteiger partial charge in [0.25, 0.3) is 5.91 Å². The Kier molecular flexibility index (Phi) is 4.60. The number of fused-ring (bicyclic) bond motifs is 1. The number of nitrogens with zero attached hydrogens (tertiary/aromatic N) is 4. The third-order valence-corrected chi connectivity index (χ3v) is 5.13. The summed E-state index contributed by atoms with van der Waals surface area (Å²) in [5.74, 6) is 1.70. The summed E-state index contributed by atoms with van der Waals surface area (Å²) in [5.41, 5.74) is 2.13. The molecule has 0 radical (unpaired) electrons. The summed E-state index contributed by atoms with van der Waals surface area (Å²) >= 11 is 0. The van der Waals surface area contributed by atoms with Gasteiger partial charge in [-0.25, -0.2) is 9.97 Å². The van der Waals surface area contributed by atoms with Crippen LogP contribution in [0, 0.1) is 0 Å². The molecule has 1 aromatic carbocycles. The van der Waals surface area contributed by atoms with Gasteiger partial charge in [0.2, 0.25) is 0 Å². The van der Waals surface area contributed by atoms with Crippen molar-refractivity contribution in [1.29, 1.82) is 0 Å². The number of anilines is 2. The third kappa shape index (κ3) is 3.54. The standard InChI is InChI=1S/C21H26N4O2/c1-21(2,3)20-22-10-8-18(23-20)24-12-13-27-17(14-24)19(26)25-11-9-15-6-4-5-7-16(15)25/h4-8,10,17H,9,11-14H2,1-3H3. The van der Waals surface area contributed by atoms with Gasteiger partial charge in [0.1, 0.15) is 11.6 Å². The number of rotatable bonds is 2. The molecule has 1 unspecified atom stereocenters. The number of para-hydroxylation sites is 1. The lowest BCUT2D eigenvalue weighted by molar-refractivity contribution is -0.130. The zero-order valence-corrected chi connectivity index (χ0v) is 16.2. The molecule has 0 spiro atoms. The lowest BCUT2D eigenvalue weighted by Gasteiger charge is -2.35. The van der Waals surface area contributed by atoms with E-state index in [1.807, 2.05) is 29.2 Å². The van der Waals surface area contributed by atoms with E-state index in [0.717, 1.165) is 36.8 Å². The van der Waals surface area contributed by atoms with E-state index in [2.05, 4.69) is 36.7 Å². The molecule has 0 bridgehead atoms. The fourth-order valence-electron chi connectivity index (χ4n) is 3.63. The maximum Gasteiger partial charge on any atom is 0.257 e. The van der Waals surface area contributed by atoms with Crippen LogP contribution in [0.25, 0.3) is 0 Å². The average Bonchev–Trinajstić information content (AvgIpc) is 3.11. The molecule has 142 valence electrons. The second-order valence-electron chi connectivity index (χ2n) is 8.16. The Balaban J connectivity index is 1.51. The molecule has 2 aromatic rings. The molecular formula is C21H26N4O2. The molecule has 2 aliphatic rings. The Morgan fingerprint density at radius 3 is 2.81 bits per heavy atom. The molecule has 2 aliphatic heterocycles. The van der Waals surface area contributed by atoms with E-state index in [9.17, 15) is 4.79 Å². The number of amides is 1. The minimum atomic E-state index is -0.474. The Bertz CT molecular complexity index is 846. The van der Waals surface area contributed by atoms with Crippen LogP contribution in [0.15, 0.2) is 36.5 Å². The molecule has 0 N–H and O–H groups in total. The third-order valence-electron chi connectivity index (χ3n) is 5.13. The van der Waals surface area contributed by atoms with Gasteiger partial charge in [-0.2, -0.15) is 0 Å². The lowest BCUT2D eigenvalue weighted by atomic mass is 9.96. The summed E-state index contributed by atoms with van der Waals surface area (Å²) in [6, 6.07) is 10.0. The number of ether oxygens (including phenoxy) is 1. The fourth-order valence-corrected chi connectivity index (χ4v) is 3.63. The van der Waals surface area contributed by atoms with Crippen molar-refractivity contribution in [3.8, 4) is 0 Å². The molecule has 1 saturated heterocycles. The lowest BCUT2D eigenvalue weighted by Crippen LogP contribution is -2.51. The Morgan fingerprint density at radius 1 is 1.19 bits per heavy atom. The van der Waals surface area contributed by atoms with Crippen molar-refractivity contribution in [1.82, 2.24) is 9.97 Å². The Morgan fingerprint density at radius 2 is 2.00 bits per heavy atom. The first kappa shape index (κ1) is 17.9. The monoisotopic (exact) mass is 366 g/mol. The van der Waals surface area contributed by atoms with Gasteiger partial charge in [-0.1, -0.05) is 39.0 Å². The van der Waals surface area contributed by atoms with E-state index in [0.29, 0.717) is 13.2 Å². The van der Waals surface area contributed by atoms with Crippen molar-refractivity contribution in [2.45, 2.75) is 38.7 Å². The minimum Gasteiger partial charge on any atom is -0.365 e. The van der Waals surface area contributed by atoms with Crippen LogP contribution in [0.1, 0.15) is 32.2 Å². The highest BCUT2D eigenvalue weighted by Gasteiger charge is 2.34. The van der Waals surface area contributed by atoms with Crippen molar-refractivity contribution >= 4 is 17.4 Å². The number of hydrogen-bond donors (Lipinski definition) is 0. The zero-order valence-electron chi connectivity index (χ0n) is 16.2. The van der Waals surface area contributed by atoms with Crippen molar-refractivity contribution in [3.63, 3.8) is 0 Å². The van der Waals surface area contributed by atoms with Crippen LogP contribution in [0.3, 0.4) is 0 Å². The van der Waals surface area contributed by atoms with Gasteiger partial charge < -0.3 is 14.5 Å². The molecule has 1 aromatic heterocycles. The summed E-state index contributed by atoms with van der Waals surface area (Å²) in [7, 11) is 0. The van der Waals surface area contributed by atoms with Crippen molar-refractivity contribution in [2.75, 3.05) is 36.0 Å². The van der Waals surface area contributed by atoms with Crippen LogP contribution in [-0.4, -0.2) is 48.2 Å². The van der Waals surface area contributed by atoms with E-state index in [-0.39, 0.29) is 11.3 Å². The summed E-state index contributed by atoms with van der Waals surface area (Å²) in [5, 5.41) is 0. The zero-order chi connectivity index (χ0) is 19.0. The van der Waals surface area contributed by atoms with Gasteiger partial charge in [-0.05, 0) is 24.1 Å². The van der Waals surface area contributed by atoms with Gasteiger partial charge in [0.05, 0.1) is 13.2 Å². The molecule has 6 nitrogen and oxygen atoms in total. The van der Waals surface area contributed by atoms with Crippen LogP contribution in [0.4, 0.5) is 11.5 Å². The van der Waals surface area contributed by atoms with E-state index >= 15 is 0 Å². The Labute approximate surface area is 160 Å². The molecule has 0 aliphatic carbocycles. The Hall–Kier alpha value is -2.47. The summed E-state index contributed by atoms with van der Waals surface area (Å²) in [4.78, 5) is 26.2. The van der Waals surface area contributed by atoms with E-state index in [1.165, 1.54) is 5.56 Å². The smallest absolute Gasteiger partial charge is 0.257 e. The molecule has 27 heavy (non-hydrogen) atoms. The van der Waals surface area contributed by atoms with E-state index < -0.39 is 6.10 Å². The van der Waals surface area contributed by atoms with E-state index in [4.69, 9.17) is 9.72 Å². The van der Waals surface area contributed by atoms with Crippen molar-refractivity contribution in [2.24, 2.45) is 0 Å². The first-order chi connectivity index (χ1) is 12.9. The summed E-state index contributed by atoms with van der Waals surface area (Å²) in [6.07, 6.45) is 2.23. The second kappa shape index (κ2) is 6.93. The number of morpholine rings is 1. The normalized spacial score (nSPS) is 19.9. The predicted molar refractivity (Wildman–Crippen MR) is 105 cm³/mol. The number of hydrogen-bond acceptors (Lipinski definition) is 5. The van der Waals surface area contributed by atoms with Crippen LogP contribution in [0.5, 0.6) is 0 Å². The average molecular weight is 366 g/mol. The molecule has 6 heteroatoms. The minimum absolute atomic E-state index is 0.0368. The van der Waals surface area contributed by atoms with Crippen LogP contribution < -0.4 is 9.80 Å². The van der Waals surface area contributed by atoms with Crippen LogP contribution >= 0.6 is 0 Å². The first-order valence-electron chi connectivity index (χ1n) is 9.53. The topological polar surface area (TPSA) is 58.6 Å². The van der Waals surface area contributed by atoms with Gasteiger partial charge in [0.15, 0.2) is 6.10 Å². The van der Waals surface area contributed by atoms with Gasteiger partial charge in [-0.3, -0.25) is 4.79 Å². The highest BCUT2D eigenvalue weighted by atomic mass is 16.5. The molecule has 1 fully saturated rings. The van der Waals surface area contributed by atoms with Gasteiger partial charge in [-0.15, -0.1) is 0 Å². The number of carbonyl (C=O) groups is 1. The van der Waals surface area contributed by atoms with Gasteiger partial charge in [0, 0.05) is 30.4 Å². The highest BCUT2D eigenvalue weighted by molar-refractivity contribution is 5.98. The molecular weight excluding hydrogens is 340 g/mol. The van der Waals surface area contributed by atoms with Crippen molar-refractivity contribution in [3.05, 3.63) is 47.9 Å². The number of benzene rings is 1. The van der Waals surface area contributed by atoms with E-state index in [1.54, 1.807) is 6.20 Å². The molecule has 4 rings (SSSR count). The van der Waals surface area contributed by atoms with Crippen LogP contribution in [-0.2, 0) is 21.4 Å². The predicted octanol–water partition coefficient (Wildman–Crippen LogP) is 2.57. The maximum absolute atomic E-state index is 13.1. The number of aromatic nitrogens is 2. The van der Waals surface area contributed by atoms with Gasteiger partial charge >= 0.3 is 0 Å². The fraction of sp³-hybridized carbons (Fsp3) is 0.476. The largest absolute Gasteiger partial charge is 0.365 e. The molecule has 1 atom stereocenters. The maximum atomic E-state index is 13.1. The first-order valence-corrected chi connectivity index (χ1v) is 9.53. The second-order valence-corrected chi connectivity index (χ2v) is 8.16. The summed E-state index contributed by atoms with van der Waals surface area (Å²) < 4.78 is 5.84. The van der Waals surface area contributed by atoms with Crippen molar-refractivity contribution < 1.29 is 9.53 Å².